The molecule has 0 spiro atoms. The number of fused-ring (bicyclic) bond motifs is 2. The zero-order valence-corrected chi connectivity index (χ0v) is 17.2. The van der Waals surface area contributed by atoms with E-state index >= 15 is 0 Å². The molecule has 2 atom stereocenters. The van der Waals surface area contributed by atoms with Crippen LogP contribution in [0.15, 0.2) is 30.5 Å². The number of rotatable bonds is 5. The first-order chi connectivity index (χ1) is 14.2. The van der Waals surface area contributed by atoms with Crippen LogP contribution in [-0.4, -0.2) is 61.3 Å². The number of aromatic nitrogens is 1. The largest absolute Gasteiger partial charge is 0.379 e. The summed E-state index contributed by atoms with van der Waals surface area (Å²) in [6, 6.07) is 8.48. The molecule has 3 heterocycles. The summed E-state index contributed by atoms with van der Waals surface area (Å²) in [6.07, 6.45) is 6.76. The maximum Gasteiger partial charge on any atom is 0.232 e. The molecule has 156 valence electrons. The number of nitrogens with one attached hydrogen (secondary N) is 2. The van der Waals surface area contributed by atoms with E-state index in [0.717, 1.165) is 71.0 Å². The summed E-state index contributed by atoms with van der Waals surface area (Å²) in [6.45, 7) is 7.55. The molecule has 2 N–H and O–H groups in total. The summed E-state index contributed by atoms with van der Waals surface area (Å²) in [5.74, 6) is 0.694. The van der Waals surface area contributed by atoms with E-state index in [0.29, 0.717) is 5.92 Å². The Morgan fingerprint density at radius 1 is 1.21 bits per heavy atom. The van der Waals surface area contributed by atoms with Crippen LogP contribution in [0.5, 0.6) is 0 Å². The molecule has 1 aromatic carbocycles. The number of carbonyl (C=O) groups is 1. The Bertz CT molecular complexity index is 873. The summed E-state index contributed by atoms with van der Waals surface area (Å²) in [4.78, 5) is 15.7. The van der Waals surface area contributed by atoms with Crippen LogP contribution < -0.4 is 10.6 Å². The molecule has 2 aliphatic heterocycles. The van der Waals surface area contributed by atoms with Crippen molar-refractivity contribution in [3.63, 3.8) is 0 Å². The lowest BCUT2D eigenvalue weighted by Crippen LogP contribution is -2.44. The van der Waals surface area contributed by atoms with Crippen molar-refractivity contribution in [1.82, 2.24) is 14.8 Å². The highest BCUT2D eigenvalue weighted by Gasteiger charge is 2.49. The van der Waals surface area contributed by atoms with Gasteiger partial charge in [0.05, 0.1) is 18.6 Å². The van der Waals surface area contributed by atoms with E-state index in [-0.39, 0.29) is 11.3 Å². The van der Waals surface area contributed by atoms with Crippen molar-refractivity contribution in [3.05, 3.63) is 30.5 Å². The molecule has 0 radical (unpaired) electrons. The second-order valence-corrected chi connectivity index (χ2v) is 8.92. The lowest BCUT2D eigenvalue weighted by Gasteiger charge is -2.37. The summed E-state index contributed by atoms with van der Waals surface area (Å²) in [7, 11) is 0. The maximum atomic E-state index is 13.2. The molecule has 1 aliphatic carbocycles. The second-order valence-electron chi connectivity index (χ2n) is 8.92. The molecule has 3 fully saturated rings. The topological polar surface area (TPSA) is 58.5 Å². The van der Waals surface area contributed by atoms with Crippen LogP contribution in [-0.2, 0) is 16.1 Å². The third-order valence-corrected chi connectivity index (χ3v) is 7.28. The van der Waals surface area contributed by atoms with Crippen LogP contribution in [0.1, 0.15) is 25.7 Å². The standard InChI is InChI=1S/C23H32N4O2/c28-22(23-7-2-1-3-19(23)16-24-17-23)25-20-4-5-21-18(15-20)6-8-27(21)10-9-26-11-13-29-14-12-26/h4-6,8,15,19,24H,1-3,7,9-14,16-17H2,(H,25,28)/t19-,23+/m0/s1. The first kappa shape index (κ1) is 19.1. The Hall–Kier alpha value is -1.89. The maximum absolute atomic E-state index is 13.2. The summed E-state index contributed by atoms with van der Waals surface area (Å²) in [5, 5.41) is 7.91. The molecule has 6 nitrogen and oxygen atoms in total. The number of anilines is 1. The van der Waals surface area contributed by atoms with Gasteiger partial charge in [-0.15, -0.1) is 0 Å². The van der Waals surface area contributed by atoms with E-state index in [1.54, 1.807) is 0 Å². The molecule has 1 amide bonds. The van der Waals surface area contributed by atoms with Crippen LogP contribution in [0.2, 0.25) is 0 Å². The van der Waals surface area contributed by atoms with Gasteiger partial charge in [-0.1, -0.05) is 12.8 Å². The van der Waals surface area contributed by atoms with Gasteiger partial charge in [-0.05, 0) is 49.6 Å². The highest BCUT2D eigenvalue weighted by Crippen LogP contribution is 2.44. The number of amides is 1. The summed E-state index contributed by atoms with van der Waals surface area (Å²) in [5.41, 5.74) is 1.93. The lowest BCUT2D eigenvalue weighted by molar-refractivity contribution is -0.128. The predicted molar refractivity (Wildman–Crippen MR) is 115 cm³/mol. The van der Waals surface area contributed by atoms with Crippen molar-refractivity contribution in [1.29, 1.82) is 0 Å². The van der Waals surface area contributed by atoms with Gasteiger partial charge >= 0.3 is 0 Å². The average Bonchev–Trinajstić information content (AvgIpc) is 3.37. The Morgan fingerprint density at radius 2 is 2.10 bits per heavy atom. The van der Waals surface area contributed by atoms with Gasteiger partial charge in [0, 0.05) is 55.5 Å². The van der Waals surface area contributed by atoms with Crippen molar-refractivity contribution in [2.45, 2.75) is 32.2 Å². The quantitative estimate of drug-likeness (QED) is 0.816. The molecule has 3 aliphatic rings. The molecule has 1 saturated carbocycles. The van der Waals surface area contributed by atoms with Crippen LogP contribution in [0, 0.1) is 11.3 Å². The Balaban J connectivity index is 1.27. The Labute approximate surface area is 172 Å². The van der Waals surface area contributed by atoms with E-state index in [9.17, 15) is 4.79 Å². The minimum Gasteiger partial charge on any atom is -0.379 e. The highest BCUT2D eigenvalue weighted by molar-refractivity contribution is 5.98. The number of benzene rings is 1. The Kier molecular flexibility index (Phi) is 5.33. The van der Waals surface area contributed by atoms with Gasteiger partial charge in [0.1, 0.15) is 0 Å². The summed E-state index contributed by atoms with van der Waals surface area (Å²) < 4.78 is 7.75. The van der Waals surface area contributed by atoms with Crippen molar-refractivity contribution < 1.29 is 9.53 Å². The van der Waals surface area contributed by atoms with Gasteiger partial charge in [0.25, 0.3) is 0 Å². The highest BCUT2D eigenvalue weighted by atomic mass is 16.5. The molecule has 29 heavy (non-hydrogen) atoms. The van der Waals surface area contributed by atoms with E-state index in [1.807, 2.05) is 0 Å². The van der Waals surface area contributed by atoms with E-state index < -0.39 is 0 Å². The Morgan fingerprint density at radius 3 is 3.00 bits per heavy atom. The van der Waals surface area contributed by atoms with Gasteiger partial charge in [-0.3, -0.25) is 9.69 Å². The average molecular weight is 397 g/mol. The van der Waals surface area contributed by atoms with Crippen molar-refractivity contribution >= 4 is 22.5 Å². The molecule has 0 unspecified atom stereocenters. The fourth-order valence-corrected chi connectivity index (χ4v) is 5.49. The van der Waals surface area contributed by atoms with E-state index in [4.69, 9.17) is 4.74 Å². The molecule has 2 aromatic rings. The monoisotopic (exact) mass is 396 g/mol. The molecular weight excluding hydrogens is 364 g/mol. The molecule has 0 bridgehead atoms. The van der Waals surface area contributed by atoms with E-state index in [2.05, 4.69) is 50.6 Å². The first-order valence-electron chi connectivity index (χ1n) is 11.2. The number of morpholine rings is 1. The number of hydrogen-bond donors (Lipinski definition) is 2. The van der Waals surface area contributed by atoms with Crippen molar-refractivity contribution in [2.24, 2.45) is 11.3 Å². The van der Waals surface area contributed by atoms with Gasteiger partial charge < -0.3 is 19.9 Å². The van der Waals surface area contributed by atoms with Gasteiger partial charge in [-0.25, -0.2) is 0 Å². The van der Waals surface area contributed by atoms with Gasteiger partial charge in [0.2, 0.25) is 5.91 Å². The van der Waals surface area contributed by atoms with Crippen molar-refractivity contribution in [3.8, 4) is 0 Å². The molecule has 1 aromatic heterocycles. The van der Waals surface area contributed by atoms with Crippen LogP contribution in [0.3, 0.4) is 0 Å². The zero-order chi connectivity index (χ0) is 19.7. The van der Waals surface area contributed by atoms with Crippen LogP contribution >= 0.6 is 0 Å². The van der Waals surface area contributed by atoms with Crippen molar-refractivity contribution in [2.75, 3.05) is 51.3 Å². The van der Waals surface area contributed by atoms with Gasteiger partial charge in [0.15, 0.2) is 0 Å². The SMILES string of the molecule is O=C(Nc1ccc2c(ccn2CCN2CCOCC2)c1)[C@@]12CCCC[C@H]1CNC2. The number of hydrogen-bond acceptors (Lipinski definition) is 4. The van der Waals surface area contributed by atoms with Crippen LogP contribution in [0.25, 0.3) is 10.9 Å². The number of carbonyl (C=O) groups excluding carboxylic acids is 1. The third kappa shape index (κ3) is 3.69. The number of nitrogens with zero attached hydrogens (tertiary/aromatic N) is 2. The molecule has 6 heteroatoms. The predicted octanol–water partition coefficient (Wildman–Crippen LogP) is 2.69. The molecule has 5 rings (SSSR count). The normalized spacial score (nSPS) is 27.8. The fraction of sp³-hybridized carbons (Fsp3) is 0.609. The second kappa shape index (κ2) is 8.09. The van der Waals surface area contributed by atoms with E-state index in [1.165, 1.54) is 23.7 Å². The smallest absolute Gasteiger partial charge is 0.232 e. The molecule has 2 saturated heterocycles. The van der Waals surface area contributed by atoms with Crippen LogP contribution in [0.4, 0.5) is 5.69 Å². The fourth-order valence-electron chi connectivity index (χ4n) is 5.49. The summed E-state index contributed by atoms with van der Waals surface area (Å²) >= 11 is 0. The lowest BCUT2D eigenvalue weighted by atomic mass is 9.67. The first-order valence-corrected chi connectivity index (χ1v) is 11.2. The van der Waals surface area contributed by atoms with Gasteiger partial charge in [-0.2, -0.15) is 0 Å². The molecular formula is C23H32N4O2. The third-order valence-electron chi connectivity index (χ3n) is 7.28. The minimum atomic E-state index is -0.211. The number of ether oxygens (including phenoxy) is 1. The minimum absolute atomic E-state index is 0.207. The zero-order valence-electron chi connectivity index (χ0n) is 17.2.